The zero-order chi connectivity index (χ0) is 23.4. The van der Waals surface area contributed by atoms with Gasteiger partial charge >= 0.3 is 6.61 Å². The van der Waals surface area contributed by atoms with Crippen LogP contribution in [0.4, 0.5) is 14.6 Å². The number of hydrogen-bond donors (Lipinski definition) is 1. The number of halogens is 2. The largest absolute Gasteiger partial charge is 0.487 e. The Labute approximate surface area is 191 Å². The Balaban J connectivity index is 1.43. The number of carbonyl (C=O) groups is 2. The maximum absolute atomic E-state index is 12.8. The lowest BCUT2D eigenvalue weighted by atomic mass is 9.98. The molecule has 33 heavy (non-hydrogen) atoms. The molecule has 2 heterocycles. The van der Waals surface area contributed by atoms with Gasteiger partial charge in [0.2, 0.25) is 11.8 Å². The smallest absolute Gasteiger partial charge is 0.387 e. The quantitative estimate of drug-likeness (QED) is 0.638. The minimum Gasteiger partial charge on any atom is -0.487 e. The highest BCUT2D eigenvalue weighted by Gasteiger charge is 2.32. The second-order valence-corrected chi connectivity index (χ2v) is 8.50. The van der Waals surface area contributed by atoms with Crippen LogP contribution in [-0.4, -0.2) is 47.5 Å². The van der Waals surface area contributed by atoms with Gasteiger partial charge in [0.05, 0.1) is 12.6 Å². The molecule has 1 unspecified atom stereocenters. The van der Waals surface area contributed by atoms with Crippen molar-refractivity contribution in [3.05, 3.63) is 47.7 Å². The van der Waals surface area contributed by atoms with Gasteiger partial charge in [0.15, 0.2) is 11.5 Å². The number of aromatic nitrogens is 1. The summed E-state index contributed by atoms with van der Waals surface area (Å²) in [5.41, 5.74) is 1.57. The van der Waals surface area contributed by atoms with Crippen molar-refractivity contribution in [3.63, 3.8) is 0 Å². The van der Waals surface area contributed by atoms with Crippen LogP contribution in [0.3, 0.4) is 0 Å². The predicted octanol–water partition coefficient (Wildman–Crippen LogP) is 4.27. The highest BCUT2D eigenvalue weighted by Crippen LogP contribution is 2.37. The number of likely N-dealkylation sites (tertiary alicyclic amines) is 1. The molecule has 0 radical (unpaired) electrons. The lowest BCUT2D eigenvalue weighted by molar-refractivity contribution is -0.131. The maximum atomic E-state index is 12.8. The van der Waals surface area contributed by atoms with Gasteiger partial charge in [0.25, 0.3) is 0 Å². The van der Waals surface area contributed by atoms with E-state index < -0.39 is 6.61 Å². The van der Waals surface area contributed by atoms with Gasteiger partial charge in [-0.3, -0.25) is 9.59 Å². The van der Waals surface area contributed by atoms with Crippen molar-refractivity contribution in [2.75, 3.05) is 18.4 Å². The minimum atomic E-state index is -2.95. The van der Waals surface area contributed by atoms with Gasteiger partial charge in [0.1, 0.15) is 5.82 Å². The second-order valence-electron chi connectivity index (χ2n) is 8.50. The molecular weight excluding hydrogens is 432 g/mol. The number of ether oxygens (including phenoxy) is 2. The zero-order valence-corrected chi connectivity index (χ0v) is 18.4. The van der Waals surface area contributed by atoms with E-state index in [2.05, 4.69) is 15.0 Å². The fraction of sp³-hybridized carbons (Fsp3) is 0.458. The molecule has 4 rings (SSSR count). The summed E-state index contributed by atoms with van der Waals surface area (Å²) in [5.74, 6) is 0.0627. The van der Waals surface area contributed by atoms with Crippen molar-refractivity contribution < 1.29 is 27.8 Å². The lowest BCUT2D eigenvalue weighted by Gasteiger charge is -2.20. The first-order valence-electron chi connectivity index (χ1n) is 11.1. The number of aryl methyl sites for hydroxylation is 1. The first-order valence-corrected chi connectivity index (χ1v) is 11.1. The van der Waals surface area contributed by atoms with Gasteiger partial charge in [-0.25, -0.2) is 4.98 Å². The highest BCUT2D eigenvalue weighted by molar-refractivity contribution is 5.94. The molecule has 2 fully saturated rings. The number of nitrogens with one attached hydrogen (secondary N) is 1. The fourth-order valence-corrected chi connectivity index (χ4v) is 4.37. The number of carbonyl (C=O) groups excluding carboxylic acids is 2. The Kier molecular flexibility index (Phi) is 7.05. The number of nitrogens with zero attached hydrogens (tertiary/aromatic N) is 2. The number of amides is 2. The van der Waals surface area contributed by atoms with E-state index in [0.717, 1.165) is 36.9 Å². The Morgan fingerprint density at radius 3 is 2.73 bits per heavy atom. The molecule has 2 aliphatic rings. The molecule has 1 aliphatic carbocycles. The molecule has 0 spiro atoms. The Morgan fingerprint density at radius 2 is 2.00 bits per heavy atom. The standard InChI is InChI=1S/C24H27F2N3O4/c1-15-5-4-8-21(27-15)28-22(30)14-29-13-17(12-23(29)31)16-9-10-19(33-24(25)26)20(11-16)32-18-6-2-3-7-18/h4-5,8-11,17-18,24H,2-3,6-7,12-14H2,1H3,(H,27,28,30). The summed E-state index contributed by atoms with van der Waals surface area (Å²) in [7, 11) is 0. The van der Waals surface area contributed by atoms with Crippen LogP contribution < -0.4 is 14.8 Å². The third kappa shape index (κ3) is 5.97. The molecule has 1 saturated heterocycles. The lowest BCUT2D eigenvalue weighted by Crippen LogP contribution is -2.34. The number of rotatable bonds is 8. The van der Waals surface area contributed by atoms with Crippen LogP contribution in [-0.2, 0) is 9.59 Å². The van der Waals surface area contributed by atoms with Crippen molar-refractivity contribution in [1.29, 1.82) is 0 Å². The Bertz CT molecular complexity index is 1010. The molecule has 9 heteroatoms. The summed E-state index contributed by atoms with van der Waals surface area (Å²) in [5, 5.41) is 2.71. The molecule has 2 amide bonds. The molecule has 7 nitrogen and oxygen atoms in total. The van der Waals surface area contributed by atoms with Gasteiger partial charge < -0.3 is 19.7 Å². The van der Waals surface area contributed by atoms with Gasteiger partial charge in [-0.15, -0.1) is 0 Å². The van der Waals surface area contributed by atoms with Gasteiger partial charge in [-0.05, 0) is 62.4 Å². The predicted molar refractivity (Wildman–Crippen MR) is 117 cm³/mol. The minimum absolute atomic E-state index is 0.00754. The van der Waals surface area contributed by atoms with E-state index in [9.17, 15) is 18.4 Å². The number of pyridine rings is 1. The van der Waals surface area contributed by atoms with Crippen molar-refractivity contribution in [1.82, 2.24) is 9.88 Å². The van der Waals surface area contributed by atoms with Gasteiger partial charge in [-0.1, -0.05) is 12.1 Å². The van der Waals surface area contributed by atoms with Crippen LogP contribution in [0.15, 0.2) is 36.4 Å². The van der Waals surface area contributed by atoms with Gasteiger partial charge in [-0.2, -0.15) is 8.78 Å². The topological polar surface area (TPSA) is 80.8 Å². The van der Waals surface area contributed by atoms with E-state index >= 15 is 0 Å². The number of alkyl halides is 2. The molecule has 1 aromatic heterocycles. The summed E-state index contributed by atoms with van der Waals surface area (Å²) >= 11 is 0. The summed E-state index contributed by atoms with van der Waals surface area (Å²) in [6.07, 6.45) is 4.04. The highest BCUT2D eigenvalue weighted by atomic mass is 19.3. The van der Waals surface area contributed by atoms with E-state index in [4.69, 9.17) is 4.74 Å². The molecule has 1 aromatic carbocycles. The van der Waals surface area contributed by atoms with Crippen LogP contribution in [0, 0.1) is 6.92 Å². The van der Waals surface area contributed by atoms with Crippen molar-refractivity contribution in [2.45, 2.75) is 57.7 Å². The SMILES string of the molecule is Cc1cccc(NC(=O)CN2CC(c3ccc(OC(F)F)c(OC4CCCC4)c3)CC2=O)n1. The van der Waals surface area contributed by atoms with Gasteiger partial charge in [0, 0.05) is 24.6 Å². The van der Waals surface area contributed by atoms with Crippen molar-refractivity contribution >= 4 is 17.6 Å². The van der Waals surface area contributed by atoms with Crippen molar-refractivity contribution in [2.24, 2.45) is 0 Å². The van der Waals surface area contributed by atoms with E-state index in [1.54, 1.807) is 24.3 Å². The average Bonchev–Trinajstić information content (AvgIpc) is 3.39. The zero-order valence-electron chi connectivity index (χ0n) is 18.4. The van der Waals surface area contributed by atoms with Crippen LogP contribution >= 0.6 is 0 Å². The Hall–Kier alpha value is -3.23. The fourth-order valence-electron chi connectivity index (χ4n) is 4.37. The van der Waals surface area contributed by atoms with Crippen LogP contribution in [0.25, 0.3) is 0 Å². The number of hydrogen-bond acceptors (Lipinski definition) is 5. The normalized spacial score (nSPS) is 18.7. The number of anilines is 1. The van der Waals surface area contributed by atoms with Crippen LogP contribution in [0.1, 0.15) is 49.3 Å². The third-order valence-corrected chi connectivity index (χ3v) is 5.96. The average molecular weight is 459 g/mol. The van der Waals surface area contributed by atoms with E-state index in [0.29, 0.717) is 12.4 Å². The maximum Gasteiger partial charge on any atom is 0.387 e. The van der Waals surface area contributed by atoms with E-state index in [1.807, 2.05) is 13.0 Å². The first-order chi connectivity index (χ1) is 15.9. The first kappa shape index (κ1) is 22.9. The monoisotopic (exact) mass is 459 g/mol. The molecular formula is C24H27F2N3O4. The van der Waals surface area contributed by atoms with E-state index in [1.165, 1.54) is 11.0 Å². The van der Waals surface area contributed by atoms with Crippen LogP contribution in [0.2, 0.25) is 0 Å². The molecule has 2 aromatic rings. The van der Waals surface area contributed by atoms with E-state index in [-0.39, 0.29) is 48.3 Å². The summed E-state index contributed by atoms with van der Waals surface area (Å²) in [6.45, 7) is -0.854. The van der Waals surface area contributed by atoms with Crippen molar-refractivity contribution in [3.8, 4) is 11.5 Å². The molecule has 0 bridgehead atoms. The molecule has 1 aliphatic heterocycles. The Morgan fingerprint density at radius 1 is 1.21 bits per heavy atom. The second kappa shape index (κ2) is 10.1. The van der Waals surface area contributed by atoms with Crippen LogP contribution in [0.5, 0.6) is 11.5 Å². The summed E-state index contributed by atoms with van der Waals surface area (Å²) in [6, 6.07) is 10.1. The molecule has 1 saturated carbocycles. The number of benzene rings is 1. The summed E-state index contributed by atoms with van der Waals surface area (Å²) < 4.78 is 36.3. The third-order valence-electron chi connectivity index (χ3n) is 5.96. The molecule has 176 valence electrons. The molecule has 1 atom stereocenters. The summed E-state index contributed by atoms with van der Waals surface area (Å²) in [4.78, 5) is 30.7. The molecule has 1 N–H and O–H groups in total.